The molecule has 0 spiro atoms. The lowest BCUT2D eigenvalue weighted by molar-refractivity contribution is -0.274. The number of hydrogen-bond acceptors (Lipinski definition) is 4. The Morgan fingerprint density at radius 3 is 2.38 bits per heavy atom. The molecule has 1 unspecified atom stereocenters. The highest BCUT2D eigenvalue weighted by molar-refractivity contribution is 6.02. The number of carbonyl (C=O) groups is 1. The molecule has 3 heterocycles. The number of alkyl halides is 3. The van der Waals surface area contributed by atoms with Crippen molar-refractivity contribution in [1.29, 1.82) is 0 Å². The van der Waals surface area contributed by atoms with Crippen molar-refractivity contribution in [3.8, 4) is 5.75 Å². The molecule has 7 heteroatoms. The van der Waals surface area contributed by atoms with Crippen LogP contribution in [0.3, 0.4) is 0 Å². The van der Waals surface area contributed by atoms with Gasteiger partial charge in [0.25, 0.3) is 0 Å². The van der Waals surface area contributed by atoms with Crippen molar-refractivity contribution < 1.29 is 22.7 Å². The van der Waals surface area contributed by atoms with Gasteiger partial charge in [0.05, 0.1) is 11.6 Å². The largest absolute Gasteiger partial charge is 0.573 e. The van der Waals surface area contributed by atoms with Gasteiger partial charge < -0.3 is 4.74 Å². The van der Waals surface area contributed by atoms with Crippen LogP contribution in [0.4, 0.5) is 13.2 Å². The fourth-order valence-electron chi connectivity index (χ4n) is 2.93. The van der Waals surface area contributed by atoms with Crippen LogP contribution in [-0.2, 0) is 0 Å². The fourth-order valence-corrected chi connectivity index (χ4v) is 2.93. The second kappa shape index (κ2) is 5.31. The standard InChI is InChI=1S/C14H15F3N2O2/c15-14(16,17)21-12-4-2-1-3-10(12)13(20)11-9-18-5-7-19(11)8-6-18/h1-4,11H,5-9H2. The van der Waals surface area contributed by atoms with Crippen molar-refractivity contribution in [3.63, 3.8) is 0 Å². The molecule has 21 heavy (non-hydrogen) atoms. The maximum atomic E-state index is 12.6. The number of ketones is 1. The van der Waals surface area contributed by atoms with Crippen LogP contribution in [0.15, 0.2) is 24.3 Å². The lowest BCUT2D eigenvalue weighted by atomic mass is 9.97. The summed E-state index contributed by atoms with van der Waals surface area (Å²) in [5, 5.41) is 0. The van der Waals surface area contributed by atoms with Crippen molar-refractivity contribution in [2.24, 2.45) is 0 Å². The summed E-state index contributed by atoms with van der Waals surface area (Å²) >= 11 is 0. The first-order chi connectivity index (χ1) is 9.94. The molecule has 3 aliphatic rings. The monoisotopic (exact) mass is 300 g/mol. The van der Waals surface area contributed by atoms with Crippen molar-refractivity contribution in [3.05, 3.63) is 29.8 Å². The molecule has 0 N–H and O–H groups in total. The second-order valence-corrected chi connectivity index (χ2v) is 5.26. The van der Waals surface area contributed by atoms with E-state index in [4.69, 9.17) is 0 Å². The molecule has 114 valence electrons. The summed E-state index contributed by atoms with van der Waals surface area (Å²) in [6.07, 6.45) is -4.80. The van der Waals surface area contributed by atoms with E-state index in [1.165, 1.54) is 18.2 Å². The number of hydrogen-bond donors (Lipinski definition) is 0. The first-order valence-electron chi connectivity index (χ1n) is 6.79. The summed E-state index contributed by atoms with van der Waals surface area (Å²) in [4.78, 5) is 16.8. The number of Topliss-reactive ketones (excluding diaryl/α,β-unsaturated/α-hetero) is 1. The summed E-state index contributed by atoms with van der Waals surface area (Å²) < 4.78 is 41.2. The van der Waals surface area contributed by atoms with Gasteiger partial charge in [0.15, 0.2) is 5.78 Å². The number of ether oxygens (including phenoxy) is 1. The van der Waals surface area contributed by atoms with Gasteiger partial charge in [0, 0.05) is 32.7 Å². The SMILES string of the molecule is O=C(c1ccccc1OC(F)(F)F)C1CN2CCN1CC2. The number of rotatable bonds is 3. The van der Waals surface area contributed by atoms with Gasteiger partial charge in [-0.05, 0) is 12.1 Å². The van der Waals surface area contributed by atoms with E-state index in [0.717, 1.165) is 26.2 Å². The number of carbonyl (C=O) groups excluding carboxylic acids is 1. The van der Waals surface area contributed by atoms with Crippen LogP contribution in [-0.4, -0.2) is 60.7 Å². The highest BCUT2D eigenvalue weighted by atomic mass is 19.4. The van der Waals surface area contributed by atoms with Gasteiger partial charge in [-0.1, -0.05) is 12.1 Å². The molecule has 0 amide bonds. The third-order valence-electron chi connectivity index (χ3n) is 3.96. The fraction of sp³-hybridized carbons (Fsp3) is 0.500. The van der Waals surface area contributed by atoms with E-state index in [1.807, 2.05) is 4.90 Å². The zero-order valence-corrected chi connectivity index (χ0v) is 11.3. The van der Waals surface area contributed by atoms with E-state index in [1.54, 1.807) is 6.07 Å². The summed E-state index contributed by atoms with van der Waals surface area (Å²) in [6, 6.07) is 5.16. The predicted molar refractivity (Wildman–Crippen MR) is 69.3 cm³/mol. The van der Waals surface area contributed by atoms with Gasteiger partial charge >= 0.3 is 6.36 Å². The summed E-state index contributed by atoms with van der Waals surface area (Å²) in [7, 11) is 0. The van der Waals surface area contributed by atoms with Crippen LogP contribution in [0.5, 0.6) is 5.75 Å². The van der Waals surface area contributed by atoms with Crippen LogP contribution >= 0.6 is 0 Å². The predicted octanol–water partition coefficient (Wildman–Crippen LogP) is 1.77. The molecule has 1 aromatic rings. The Labute approximate surface area is 120 Å². The van der Waals surface area contributed by atoms with E-state index >= 15 is 0 Å². The molecule has 0 aromatic heterocycles. The molecule has 3 aliphatic heterocycles. The highest BCUT2D eigenvalue weighted by Gasteiger charge is 2.39. The maximum absolute atomic E-state index is 12.6. The summed E-state index contributed by atoms with van der Waals surface area (Å²) in [5.41, 5.74) is -0.00595. The molecule has 0 radical (unpaired) electrons. The third kappa shape index (κ3) is 3.03. The quantitative estimate of drug-likeness (QED) is 0.797. The molecule has 3 saturated heterocycles. The summed E-state index contributed by atoms with van der Waals surface area (Å²) in [5.74, 6) is -0.730. The average Bonchev–Trinajstić information content (AvgIpc) is 2.46. The first-order valence-corrected chi connectivity index (χ1v) is 6.79. The Hall–Kier alpha value is -1.60. The van der Waals surface area contributed by atoms with Crippen LogP contribution < -0.4 is 4.74 Å². The molecule has 3 fully saturated rings. The number of para-hydroxylation sites is 1. The molecule has 1 atom stereocenters. The van der Waals surface area contributed by atoms with Crippen molar-refractivity contribution >= 4 is 5.78 Å². The van der Waals surface area contributed by atoms with Crippen LogP contribution in [0, 0.1) is 0 Å². The van der Waals surface area contributed by atoms with Crippen molar-refractivity contribution in [2.75, 3.05) is 32.7 Å². The molecule has 0 aliphatic carbocycles. The number of halogens is 3. The zero-order chi connectivity index (χ0) is 15.0. The maximum Gasteiger partial charge on any atom is 0.573 e. The van der Waals surface area contributed by atoms with Gasteiger partial charge in [-0.3, -0.25) is 14.6 Å². The van der Waals surface area contributed by atoms with Gasteiger partial charge in [-0.15, -0.1) is 13.2 Å². The Morgan fingerprint density at radius 2 is 1.81 bits per heavy atom. The van der Waals surface area contributed by atoms with Crippen LogP contribution in [0.2, 0.25) is 0 Å². The smallest absolute Gasteiger partial charge is 0.405 e. The lowest BCUT2D eigenvalue weighted by Crippen LogP contribution is -2.63. The van der Waals surface area contributed by atoms with Gasteiger partial charge in [0.2, 0.25) is 0 Å². The minimum absolute atomic E-state index is 0.00595. The number of benzene rings is 1. The Kier molecular flexibility index (Phi) is 3.62. The molecular weight excluding hydrogens is 285 g/mol. The minimum Gasteiger partial charge on any atom is -0.405 e. The van der Waals surface area contributed by atoms with Crippen LogP contribution in [0.25, 0.3) is 0 Å². The molecule has 2 bridgehead atoms. The zero-order valence-electron chi connectivity index (χ0n) is 11.3. The average molecular weight is 300 g/mol. The molecule has 4 rings (SSSR count). The molecule has 0 saturated carbocycles. The highest BCUT2D eigenvalue weighted by Crippen LogP contribution is 2.29. The Balaban J connectivity index is 1.85. The number of piperazine rings is 3. The van der Waals surface area contributed by atoms with E-state index in [0.29, 0.717) is 6.54 Å². The minimum atomic E-state index is -4.80. The van der Waals surface area contributed by atoms with Gasteiger partial charge in [-0.2, -0.15) is 0 Å². The van der Waals surface area contributed by atoms with Crippen molar-refractivity contribution in [1.82, 2.24) is 9.80 Å². The Bertz CT molecular complexity index is 539. The molecular formula is C14H15F3N2O2. The molecule has 1 aromatic carbocycles. The molecule has 4 nitrogen and oxygen atoms in total. The van der Waals surface area contributed by atoms with Crippen molar-refractivity contribution in [2.45, 2.75) is 12.4 Å². The van der Waals surface area contributed by atoms with E-state index < -0.39 is 12.1 Å². The second-order valence-electron chi connectivity index (χ2n) is 5.26. The normalized spacial score (nSPS) is 28.4. The van der Waals surface area contributed by atoms with E-state index in [2.05, 4.69) is 9.64 Å². The van der Waals surface area contributed by atoms with Gasteiger partial charge in [0.1, 0.15) is 5.75 Å². The lowest BCUT2D eigenvalue weighted by Gasteiger charge is -2.46. The summed E-state index contributed by atoms with van der Waals surface area (Å²) in [6.45, 7) is 3.94. The van der Waals surface area contributed by atoms with Gasteiger partial charge in [-0.25, -0.2) is 0 Å². The Morgan fingerprint density at radius 1 is 1.14 bits per heavy atom. The third-order valence-corrected chi connectivity index (χ3v) is 3.96. The van der Waals surface area contributed by atoms with Crippen LogP contribution in [0.1, 0.15) is 10.4 Å². The topological polar surface area (TPSA) is 32.8 Å². The number of fused-ring (bicyclic) bond motifs is 3. The van der Waals surface area contributed by atoms with E-state index in [-0.39, 0.29) is 17.4 Å². The van der Waals surface area contributed by atoms with E-state index in [9.17, 15) is 18.0 Å². The number of nitrogens with zero attached hydrogens (tertiary/aromatic N) is 2. The first kappa shape index (κ1) is 14.3.